The van der Waals surface area contributed by atoms with E-state index in [1.807, 2.05) is 0 Å². The molecule has 8 heteroatoms. The molecule has 1 aromatic heterocycles. The molecule has 7 nitrogen and oxygen atoms in total. The van der Waals surface area contributed by atoms with Crippen molar-refractivity contribution < 1.29 is 18.9 Å². The first kappa shape index (κ1) is 20.7. The highest BCUT2D eigenvalue weighted by Gasteiger charge is 2.63. The molecule has 0 saturated carbocycles. The number of nitrogens with one attached hydrogen (secondary N) is 1. The van der Waals surface area contributed by atoms with Crippen LogP contribution < -0.4 is 5.56 Å². The topological polar surface area (TPSA) is 74.7 Å². The molecule has 0 aliphatic carbocycles. The molecule has 3 heterocycles. The molecule has 1 N–H and O–H groups in total. The fraction of sp³-hybridized carbons (Fsp3) is 0.789. The van der Waals surface area contributed by atoms with Crippen molar-refractivity contribution in [3.63, 3.8) is 0 Å². The molecule has 27 heavy (non-hydrogen) atoms. The number of hydrogen-bond donors (Lipinski definition) is 1. The Morgan fingerprint density at radius 2 is 2.07 bits per heavy atom. The average Bonchev–Trinajstić information content (AvgIpc) is 3.14. The second-order valence-corrected chi connectivity index (χ2v) is 7.77. The van der Waals surface area contributed by atoms with E-state index in [4.69, 9.17) is 31.2 Å². The molecule has 2 aliphatic rings. The zero-order valence-electron chi connectivity index (χ0n) is 16.4. The van der Waals surface area contributed by atoms with Gasteiger partial charge >= 0.3 is 0 Å². The number of unbranched alkanes of at least 4 members (excludes halogenated alkanes) is 2. The van der Waals surface area contributed by atoms with Gasteiger partial charge in [0, 0.05) is 25.0 Å². The van der Waals surface area contributed by atoms with Crippen LogP contribution in [0.4, 0.5) is 0 Å². The summed E-state index contributed by atoms with van der Waals surface area (Å²) in [7, 11) is 0. The van der Waals surface area contributed by atoms with Gasteiger partial charge < -0.3 is 18.9 Å². The largest absolute Gasteiger partial charge is 0.378 e. The molecule has 0 amide bonds. The lowest BCUT2D eigenvalue weighted by Crippen LogP contribution is -2.46. The predicted octanol–water partition coefficient (Wildman–Crippen LogP) is 2.88. The van der Waals surface area contributed by atoms with Gasteiger partial charge in [0.05, 0.1) is 13.2 Å². The first-order valence-electron chi connectivity index (χ1n) is 9.83. The summed E-state index contributed by atoms with van der Waals surface area (Å²) in [4.78, 5) is 14.5. The van der Waals surface area contributed by atoms with Crippen LogP contribution in [-0.2, 0) is 18.9 Å². The SMILES string of the molecule is CCCCOC[C@@]12COC(C1OCCCC)[C@H](n1cc(C)c(=O)[nH]c1=S)O2. The lowest BCUT2D eigenvalue weighted by atomic mass is 10.00. The maximum absolute atomic E-state index is 11.8. The number of aryl methyl sites for hydroxylation is 1. The number of nitrogens with zero attached hydrogens (tertiary/aromatic N) is 1. The van der Waals surface area contributed by atoms with Crippen LogP contribution in [0.3, 0.4) is 0 Å². The zero-order chi connectivity index (χ0) is 19.4. The molecule has 0 radical (unpaired) electrons. The Bertz CT molecular complexity index is 748. The van der Waals surface area contributed by atoms with Crippen molar-refractivity contribution in [3.8, 4) is 0 Å². The van der Waals surface area contributed by atoms with Gasteiger partial charge in [-0.25, -0.2) is 0 Å². The van der Waals surface area contributed by atoms with Crippen molar-refractivity contribution in [3.05, 3.63) is 26.9 Å². The van der Waals surface area contributed by atoms with Crippen molar-refractivity contribution in [2.45, 2.75) is 70.5 Å². The van der Waals surface area contributed by atoms with Gasteiger partial charge in [-0.1, -0.05) is 26.7 Å². The normalized spacial score (nSPS) is 29.5. The minimum atomic E-state index is -0.643. The Morgan fingerprint density at radius 1 is 1.33 bits per heavy atom. The Balaban J connectivity index is 1.83. The third-order valence-electron chi connectivity index (χ3n) is 5.18. The molecule has 2 bridgehead atoms. The van der Waals surface area contributed by atoms with E-state index in [0.29, 0.717) is 36.8 Å². The highest BCUT2D eigenvalue weighted by Crippen LogP contribution is 2.46. The van der Waals surface area contributed by atoms with Crippen LogP contribution in [0.1, 0.15) is 51.3 Å². The fourth-order valence-electron chi connectivity index (χ4n) is 3.59. The number of fused-ring (bicyclic) bond motifs is 2. The Labute approximate surface area is 165 Å². The molecule has 152 valence electrons. The van der Waals surface area contributed by atoms with Gasteiger partial charge in [0.1, 0.15) is 17.8 Å². The van der Waals surface area contributed by atoms with E-state index in [1.54, 1.807) is 17.7 Å². The number of ether oxygens (including phenoxy) is 4. The van der Waals surface area contributed by atoms with Crippen molar-refractivity contribution in [2.24, 2.45) is 0 Å². The molecule has 2 saturated heterocycles. The lowest BCUT2D eigenvalue weighted by Gasteiger charge is -2.32. The fourth-order valence-corrected chi connectivity index (χ4v) is 3.84. The van der Waals surface area contributed by atoms with Crippen LogP contribution >= 0.6 is 12.2 Å². The van der Waals surface area contributed by atoms with Crippen LogP contribution in [0.25, 0.3) is 0 Å². The molecule has 2 aliphatic heterocycles. The van der Waals surface area contributed by atoms with Crippen molar-refractivity contribution in [1.29, 1.82) is 0 Å². The Kier molecular flexibility index (Phi) is 6.86. The second-order valence-electron chi connectivity index (χ2n) is 7.38. The van der Waals surface area contributed by atoms with E-state index in [9.17, 15) is 4.79 Å². The lowest BCUT2D eigenvalue weighted by molar-refractivity contribution is -0.195. The minimum Gasteiger partial charge on any atom is -0.378 e. The molecule has 4 atom stereocenters. The Hall–Kier alpha value is -1.06. The van der Waals surface area contributed by atoms with E-state index in [1.165, 1.54) is 0 Å². The van der Waals surface area contributed by atoms with Crippen LogP contribution in [0.15, 0.2) is 11.0 Å². The summed E-state index contributed by atoms with van der Waals surface area (Å²) < 4.78 is 26.7. The summed E-state index contributed by atoms with van der Waals surface area (Å²) in [6, 6.07) is 0. The second kappa shape index (κ2) is 8.96. The molecule has 2 unspecified atom stereocenters. The van der Waals surface area contributed by atoms with E-state index in [0.717, 1.165) is 25.7 Å². The molecule has 0 spiro atoms. The summed E-state index contributed by atoms with van der Waals surface area (Å²) in [5.74, 6) is 0. The quantitative estimate of drug-likeness (QED) is 0.483. The van der Waals surface area contributed by atoms with Crippen molar-refractivity contribution >= 4 is 12.2 Å². The van der Waals surface area contributed by atoms with E-state index in [2.05, 4.69) is 18.8 Å². The van der Waals surface area contributed by atoms with Gasteiger partial charge in [-0.15, -0.1) is 0 Å². The summed E-state index contributed by atoms with van der Waals surface area (Å²) in [5, 5.41) is 0. The van der Waals surface area contributed by atoms with Crippen LogP contribution in [0.2, 0.25) is 0 Å². The molecule has 2 fully saturated rings. The van der Waals surface area contributed by atoms with Crippen LogP contribution in [0.5, 0.6) is 0 Å². The monoisotopic (exact) mass is 398 g/mol. The minimum absolute atomic E-state index is 0.186. The van der Waals surface area contributed by atoms with Gasteiger partial charge in [0.2, 0.25) is 0 Å². The molecule has 1 aromatic rings. The third-order valence-corrected chi connectivity index (χ3v) is 5.49. The van der Waals surface area contributed by atoms with E-state index >= 15 is 0 Å². The Morgan fingerprint density at radius 3 is 2.81 bits per heavy atom. The average molecular weight is 399 g/mol. The van der Waals surface area contributed by atoms with Crippen LogP contribution in [0, 0.1) is 11.7 Å². The number of aromatic amines is 1. The number of aromatic nitrogens is 2. The maximum Gasteiger partial charge on any atom is 0.254 e. The first-order valence-corrected chi connectivity index (χ1v) is 10.2. The molecular formula is C19H30N2O5S. The van der Waals surface area contributed by atoms with Crippen molar-refractivity contribution in [1.82, 2.24) is 9.55 Å². The van der Waals surface area contributed by atoms with Crippen molar-refractivity contribution in [2.75, 3.05) is 26.4 Å². The number of rotatable bonds is 10. The summed E-state index contributed by atoms with van der Waals surface area (Å²) in [6.07, 6.45) is 4.92. The highest BCUT2D eigenvalue weighted by molar-refractivity contribution is 7.71. The van der Waals surface area contributed by atoms with Gasteiger partial charge in [0.25, 0.3) is 5.56 Å². The van der Waals surface area contributed by atoms with E-state index in [-0.39, 0.29) is 17.8 Å². The third kappa shape index (κ3) is 4.19. The molecule has 0 aromatic carbocycles. The molecule has 3 rings (SSSR count). The van der Waals surface area contributed by atoms with E-state index < -0.39 is 11.8 Å². The first-order chi connectivity index (χ1) is 13.0. The number of H-pyrrole nitrogens is 1. The predicted molar refractivity (Wildman–Crippen MR) is 104 cm³/mol. The van der Waals surface area contributed by atoms with Gasteiger partial charge in [0.15, 0.2) is 11.0 Å². The number of hydrogen-bond acceptors (Lipinski definition) is 6. The van der Waals surface area contributed by atoms with Gasteiger partial charge in [-0.2, -0.15) is 0 Å². The van der Waals surface area contributed by atoms with Gasteiger partial charge in [-0.3, -0.25) is 14.3 Å². The zero-order valence-corrected chi connectivity index (χ0v) is 17.2. The van der Waals surface area contributed by atoms with Gasteiger partial charge in [-0.05, 0) is 32.0 Å². The highest BCUT2D eigenvalue weighted by atomic mass is 32.1. The maximum atomic E-state index is 11.8. The summed E-state index contributed by atoms with van der Waals surface area (Å²) in [5.41, 5.74) is -0.254. The van der Waals surface area contributed by atoms with Crippen LogP contribution in [-0.4, -0.2) is 53.8 Å². The summed E-state index contributed by atoms with van der Waals surface area (Å²) >= 11 is 5.35. The standard InChI is InChI=1S/C19H30N2O5S/c1-4-6-8-23-11-19-12-25-14(15(19)24-9-7-5-2)17(26-19)21-10-13(3)16(22)20-18(21)27/h10,14-15,17H,4-9,11-12H2,1-3H3,(H,20,22,27)/t14?,15?,17-,19-/m1/s1. The molecular weight excluding hydrogens is 368 g/mol. The summed E-state index contributed by atoms with van der Waals surface area (Å²) in [6.45, 7) is 8.22. The smallest absolute Gasteiger partial charge is 0.254 e.